The maximum absolute atomic E-state index is 5.76. The van der Waals surface area contributed by atoms with E-state index in [9.17, 15) is 0 Å². The van der Waals surface area contributed by atoms with Gasteiger partial charge in [0.25, 0.3) is 0 Å². The monoisotopic (exact) mass is 306 g/mol. The highest BCUT2D eigenvalue weighted by molar-refractivity contribution is 5.22. The smallest absolute Gasteiger partial charge is 0.122 e. The molecule has 0 unspecified atom stereocenters. The van der Waals surface area contributed by atoms with Crippen LogP contribution in [0.4, 0.5) is 0 Å². The van der Waals surface area contributed by atoms with Crippen molar-refractivity contribution in [3.63, 3.8) is 0 Å². The summed E-state index contributed by atoms with van der Waals surface area (Å²) in [5, 5.41) is 0. The second-order valence-electron chi connectivity index (χ2n) is 6.17. The average molecular weight is 306 g/mol. The molecule has 1 aromatic rings. The van der Waals surface area contributed by atoms with Gasteiger partial charge >= 0.3 is 0 Å². The minimum absolute atomic E-state index is 0.368. The number of hydrogen-bond donors (Lipinski definition) is 0. The minimum atomic E-state index is 0.368. The molecule has 5 nitrogen and oxygen atoms in total. The number of rotatable bonds is 5. The van der Waals surface area contributed by atoms with Gasteiger partial charge in [-0.1, -0.05) is 6.42 Å². The molecule has 0 bridgehead atoms. The van der Waals surface area contributed by atoms with Gasteiger partial charge in [0.2, 0.25) is 0 Å². The first-order valence-corrected chi connectivity index (χ1v) is 8.15. The average Bonchev–Trinajstić information content (AvgIpc) is 3.04. The van der Waals surface area contributed by atoms with Crippen LogP contribution in [-0.2, 0) is 16.0 Å². The van der Waals surface area contributed by atoms with Crippen LogP contribution in [0.25, 0.3) is 0 Å². The van der Waals surface area contributed by atoms with E-state index >= 15 is 0 Å². The van der Waals surface area contributed by atoms with Crippen molar-refractivity contribution >= 4 is 0 Å². The van der Waals surface area contributed by atoms with Gasteiger partial charge in [0.05, 0.1) is 32.1 Å². The molecule has 22 heavy (non-hydrogen) atoms. The van der Waals surface area contributed by atoms with Crippen molar-refractivity contribution in [3.8, 4) is 5.75 Å². The Kier molecular flexibility index (Phi) is 5.28. The zero-order valence-electron chi connectivity index (χ0n) is 13.5. The molecule has 122 valence electrons. The second-order valence-corrected chi connectivity index (χ2v) is 6.17. The van der Waals surface area contributed by atoms with E-state index in [1.54, 1.807) is 7.11 Å². The highest BCUT2D eigenvalue weighted by Crippen LogP contribution is 2.34. The van der Waals surface area contributed by atoms with Crippen LogP contribution in [0.3, 0.4) is 0 Å². The lowest BCUT2D eigenvalue weighted by Gasteiger charge is -2.40. The normalized spacial score (nSPS) is 29.6. The molecule has 2 fully saturated rings. The molecular formula is C17H26N2O3. The molecule has 0 radical (unpaired) electrons. The summed E-state index contributed by atoms with van der Waals surface area (Å²) in [6.07, 6.45) is 5.84. The Morgan fingerprint density at radius 3 is 3.09 bits per heavy atom. The lowest BCUT2D eigenvalue weighted by Crippen LogP contribution is -2.51. The number of morpholine rings is 1. The number of aromatic nitrogens is 1. The molecule has 1 aliphatic heterocycles. The van der Waals surface area contributed by atoms with Gasteiger partial charge in [0.15, 0.2) is 0 Å². The Bertz CT molecular complexity index is 483. The van der Waals surface area contributed by atoms with Gasteiger partial charge in [0, 0.05) is 44.4 Å². The fourth-order valence-corrected chi connectivity index (χ4v) is 3.81. The molecule has 3 atom stereocenters. The maximum Gasteiger partial charge on any atom is 0.122 e. The number of methoxy groups -OCH3 is 2. The van der Waals surface area contributed by atoms with Crippen molar-refractivity contribution in [1.82, 2.24) is 9.88 Å². The molecule has 3 rings (SSSR count). The first-order valence-electron chi connectivity index (χ1n) is 8.15. The lowest BCUT2D eigenvalue weighted by molar-refractivity contribution is -0.0612. The maximum atomic E-state index is 5.76. The van der Waals surface area contributed by atoms with Crippen molar-refractivity contribution in [2.24, 2.45) is 5.92 Å². The summed E-state index contributed by atoms with van der Waals surface area (Å²) in [6.45, 7) is 3.40. The Hall–Kier alpha value is -1.17. The molecule has 5 heteroatoms. The van der Waals surface area contributed by atoms with Crippen LogP contribution < -0.4 is 4.74 Å². The van der Waals surface area contributed by atoms with E-state index in [0.717, 1.165) is 37.7 Å². The summed E-state index contributed by atoms with van der Waals surface area (Å²) < 4.78 is 16.8. The molecule has 0 aromatic carbocycles. The number of nitrogens with zero attached hydrogens (tertiary/aromatic N) is 2. The Balaban J connectivity index is 1.72. The molecule has 2 aliphatic rings. The lowest BCUT2D eigenvalue weighted by atomic mass is 9.94. The summed E-state index contributed by atoms with van der Waals surface area (Å²) in [6, 6.07) is 4.34. The van der Waals surface area contributed by atoms with Crippen molar-refractivity contribution in [3.05, 3.63) is 24.0 Å². The molecule has 0 N–H and O–H groups in total. The third-order valence-corrected chi connectivity index (χ3v) is 4.97. The summed E-state index contributed by atoms with van der Waals surface area (Å²) in [5.74, 6) is 1.43. The zero-order valence-corrected chi connectivity index (χ0v) is 13.5. The van der Waals surface area contributed by atoms with Crippen LogP contribution in [0.5, 0.6) is 5.75 Å². The third kappa shape index (κ3) is 3.42. The quantitative estimate of drug-likeness (QED) is 0.833. The summed E-state index contributed by atoms with van der Waals surface area (Å²) in [7, 11) is 3.53. The Labute approximate surface area is 132 Å². The van der Waals surface area contributed by atoms with Gasteiger partial charge in [-0.15, -0.1) is 0 Å². The molecule has 0 spiro atoms. The fraction of sp³-hybridized carbons (Fsp3) is 0.706. The molecule has 1 saturated heterocycles. The number of pyridine rings is 1. The molecule has 2 heterocycles. The van der Waals surface area contributed by atoms with Crippen LogP contribution in [0, 0.1) is 5.92 Å². The molecule has 0 amide bonds. The first kappa shape index (κ1) is 15.7. The van der Waals surface area contributed by atoms with Crippen LogP contribution in [0.1, 0.15) is 25.0 Å². The fourth-order valence-electron chi connectivity index (χ4n) is 3.81. The number of ether oxygens (including phenoxy) is 3. The Morgan fingerprint density at radius 1 is 1.36 bits per heavy atom. The highest BCUT2D eigenvalue weighted by Gasteiger charge is 2.38. The second kappa shape index (κ2) is 7.40. The topological polar surface area (TPSA) is 43.8 Å². The van der Waals surface area contributed by atoms with E-state index in [0.29, 0.717) is 18.1 Å². The van der Waals surface area contributed by atoms with Gasteiger partial charge in [-0.2, -0.15) is 0 Å². The predicted octanol–water partition coefficient (Wildman–Crippen LogP) is 2.11. The van der Waals surface area contributed by atoms with Crippen molar-refractivity contribution < 1.29 is 14.2 Å². The van der Waals surface area contributed by atoms with Crippen molar-refractivity contribution in [2.75, 3.05) is 34.0 Å². The van der Waals surface area contributed by atoms with Gasteiger partial charge in [-0.3, -0.25) is 9.88 Å². The first-order chi connectivity index (χ1) is 10.8. The Morgan fingerprint density at radius 2 is 2.27 bits per heavy atom. The van der Waals surface area contributed by atoms with E-state index in [1.807, 2.05) is 25.4 Å². The van der Waals surface area contributed by atoms with Crippen LogP contribution >= 0.6 is 0 Å². The van der Waals surface area contributed by atoms with E-state index in [-0.39, 0.29) is 0 Å². The standard InChI is InChI=1S/C17H26N2O3/c1-20-14-6-7-18-13(10-14)11-19-8-9-22-12-16(19)15-4-3-5-17(15)21-2/h6-7,10,15-17H,3-5,8-9,11-12H2,1-2H3/t15-,16-,17-/m1/s1. The SMILES string of the molecule is COc1ccnc(CN2CCOC[C@@H]2[C@H]2CCC[C@H]2OC)c1. The van der Waals surface area contributed by atoms with Gasteiger partial charge in [-0.25, -0.2) is 0 Å². The predicted molar refractivity (Wildman–Crippen MR) is 83.9 cm³/mol. The van der Waals surface area contributed by atoms with Crippen molar-refractivity contribution in [2.45, 2.75) is 38.0 Å². The summed E-state index contributed by atoms with van der Waals surface area (Å²) >= 11 is 0. The van der Waals surface area contributed by atoms with E-state index in [2.05, 4.69) is 9.88 Å². The minimum Gasteiger partial charge on any atom is -0.497 e. The van der Waals surface area contributed by atoms with E-state index in [1.165, 1.54) is 19.3 Å². The van der Waals surface area contributed by atoms with E-state index in [4.69, 9.17) is 14.2 Å². The molecule has 1 saturated carbocycles. The summed E-state index contributed by atoms with van der Waals surface area (Å²) in [5.41, 5.74) is 1.05. The summed E-state index contributed by atoms with van der Waals surface area (Å²) in [4.78, 5) is 7.00. The molecule has 1 aromatic heterocycles. The largest absolute Gasteiger partial charge is 0.497 e. The van der Waals surface area contributed by atoms with Crippen LogP contribution in [0.15, 0.2) is 18.3 Å². The van der Waals surface area contributed by atoms with Gasteiger partial charge < -0.3 is 14.2 Å². The van der Waals surface area contributed by atoms with E-state index < -0.39 is 0 Å². The zero-order chi connectivity index (χ0) is 15.4. The molecular weight excluding hydrogens is 280 g/mol. The van der Waals surface area contributed by atoms with Crippen LogP contribution in [-0.4, -0.2) is 56.0 Å². The third-order valence-electron chi connectivity index (χ3n) is 4.97. The van der Waals surface area contributed by atoms with Crippen molar-refractivity contribution in [1.29, 1.82) is 0 Å². The van der Waals surface area contributed by atoms with Gasteiger partial charge in [-0.05, 0) is 18.9 Å². The van der Waals surface area contributed by atoms with Crippen LogP contribution in [0.2, 0.25) is 0 Å². The number of hydrogen-bond acceptors (Lipinski definition) is 5. The van der Waals surface area contributed by atoms with Gasteiger partial charge in [0.1, 0.15) is 5.75 Å². The highest BCUT2D eigenvalue weighted by atomic mass is 16.5. The molecule has 1 aliphatic carbocycles.